The third-order valence-corrected chi connectivity index (χ3v) is 4.03. The highest BCUT2D eigenvalue weighted by molar-refractivity contribution is 5.69. The van der Waals surface area contributed by atoms with Crippen molar-refractivity contribution in [2.75, 3.05) is 6.61 Å². The van der Waals surface area contributed by atoms with Crippen molar-refractivity contribution in [2.24, 2.45) is 5.92 Å². The van der Waals surface area contributed by atoms with Gasteiger partial charge >= 0.3 is 6.09 Å². The van der Waals surface area contributed by atoms with Crippen molar-refractivity contribution in [3.63, 3.8) is 0 Å². The van der Waals surface area contributed by atoms with Crippen LogP contribution in [0.1, 0.15) is 59.3 Å². The van der Waals surface area contributed by atoms with Crippen LogP contribution in [-0.2, 0) is 4.74 Å². The van der Waals surface area contributed by atoms with E-state index in [1.165, 1.54) is 12.8 Å². The molecule has 2 fully saturated rings. The van der Waals surface area contributed by atoms with E-state index in [1.807, 2.05) is 25.7 Å². The Labute approximate surface area is 116 Å². The van der Waals surface area contributed by atoms with E-state index in [4.69, 9.17) is 4.74 Å². The molecule has 0 heterocycles. The zero-order valence-electron chi connectivity index (χ0n) is 12.4. The maximum absolute atomic E-state index is 12.4. The Morgan fingerprint density at radius 1 is 1.26 bits per heavy atom. The summed E-state index contributed by atoms with van der Waals surface area (Å²) in [6, 6.07) is 0.234. The predicted molar refractivity (Wildman–Crippen MR) is 73.9 cm³/mol. The summed E-state index contributed by atoms with van der Waals surface area (Å²) in [5.41, 5.74) is -0.472. The number of hydrogen-bond donors (Lipinski definition) is 1. The zero-order valence-corrected chi connectivity index (χ0v) is 12.4. The van der Waals surface area contributed by atoms with Crippen molar-refractivity contribution in [1.29, 1.82) is 0 Å². The van der Waals surface area contributed by atoms with Crippen molar-refractivity contribution in [1.82, 2.24) is 4.90 Å². The standard InChI is InChI=1S/C15H27NO3/c1-15(2,3)19-14(18)16(12-8-9-12)13(10-17)11-6-4-5-7-11/h11-13,17H,4-10H2,1-3H3. The molecule has 2 aliphatic rings. The van der Waals surface area contributed by atoms with Crippen molar-refractivity contribution in [3.05, 3.63) is 0 Å². The van der Waals surface area contributed by atoms with Gasteiger partial charge in [-0.25, -0.2) is 4.79 Å². The molecule has 0 aromatic heterocycles. The van der Waals surface area contributed by atoms with Gasteiger partial charge in [-0.3, -0.25) is 4.90 Å². The lowest BCUT2D eigenvalue weighted by atomic mass is 9.97. The maximum Gasteiger partial charge on any atom is 0.410 e. The normalized spacial score (nSPS) is 22.3. The topological polar surface area (TPSA) is 49.8 Å². The molecule has 4 nitrogen and oxygen atoms in total. The second-order valence-corrected chi connectivity index (χ2v) is 6.91. The smallest absolute Gasteiger partial charge is 0.410 e. The Balaban J connectivity index is 2.07. The van der Waals surface area contributed by atoms with Gasteiger partial charge in [0.2, 0.25) is 0 Å². The second kappa shape index (κ2) is 5.70. The van der Waals surface area contributed by atoms with E-state index in [9.17, 15) is 9.90 Å². The lowest BCUT2D eigenvalue weighted by Gasteiger charge is -2.36. The lowest BCUT2D eigenvalue weighted by molar-refractivity contribution is -0.00229. The Kier molecular flexibility index (Phi) is 4.39. The number of aliphatic hydroxyl groups excluding tert-OH is 1. The third-order valence-electron chi connectivity index (χ3n) is 4.03. The van der Waals surface area contributed by atoms with E-state index in [2.05, 4.69) is 0 Å². The highest BCUT2D eigenvalue weighted by Gasteiger charge is 2.42. The Morgan fingerprint density at radius 3 is 2.26 bits per heavy atom. The van der Waals surface area contributed by atoms with Crippen LogP contribution in [0.15, 0.2) is 0 Å². The minimum Gasteiger partial charge on any atom is -0.444 e. The Bertz CT molecular complexity index is 314. The second-order valence-electron chi connectivity index (χ2n) is 6.91. The summed E-state index contributed by atoms with van der Waals surface area (Å²) < 4.78 is 5.52. The van der Waals surface area contributed by atoms with E-state index in [0.717, 1.165) is 25.7 Å². The molecule has 0 aromatic carbocycles. The van der Waals surface area contributed by atoms with Crippen molar-refractivity contribution in [3.8, 4) is 0 Å². The molecule has 0 aliphatic heterocycles. The molecule has 1 amide bonds. The molecular weight excluding hydrogens is 242 g/mol. The van der Waals surface area contributed by atoms with Crippen LogP contribution in [0.4, 0.5) is 4.79 Å². The predicted octanol–water partition coefficient (Wildman–Crippen LogP) is 2.94. The molecule has 2 aliphatic carbocycles. The van der Waals surface area contributed by atoms with Gasteiger partial charge in [-0.15, -0.1) is 0 Å². The number of aliphatic hydroxyl groups is 1. The van der Waals surface area contributed by atoms with Gasteiger partial charge in [-0.2, -0.15) is 0 Å². The maximum atomic E-state index is 12.4. The summed E-state index contributed by atoms with van der Waals surface area (Å²) in [7, 11) is 0. The SMILES string of the molecule is CC(C)(C)OC(=O)N(C1CC1)C(CO)C1CCCC1. The van der Waals surface area contributed by atoms with Gasteiger partial charge in [0.15, 0.2) is 0 Å². The first-order valence-electron chi connectivity index (χ1n) is 7.54. The molecule has 1 N–H and O–H groups in total. The number of carbonyl (C=O) groups is 1. The number of ether oxygens (including phenoxy) is 1. The van der Waals surface area contributed by atoms with Crippen LogP contribution in [0.2, 0.25) is 0 Å². The third kappa shape index (κ3) is 3.85. The Hall–Kier alpha value is -0.770. The molecule has 0 spiro atoms. The molecule has 1 unspecified atom stereocenters. The van der Waals surface area contributed by atoms with Gasteiger partial charge in [-0.1, -0.05) is 12.8 Å². The molecule has 0 aromatic rings. The molecule has 4 heteroatoms. The summed E-state index contributed by atoms with van der Waals surface area (Å²) in [5.74, 6) is 0.443. The first-order valence-corrected chi connectivity index (χ1v) is 7.54. The van der Waals surface area contributed by atoms with Gasteiger partial charge < -0.3 is 9.84 Å². The quantitative estimate of drug-likeness (QED) is 0.853. The van der Waals surface area contributed by atoms with Crippen LogP contribution >= 0.6 is 0 Å². The molecule has 110 valence electrons. The van der Waals surface area contributed by atoms with E-state index >= 15 is 0 Å². The van der Waals surface area contributed by atoms with E-state index in [0.29, 0.717) is 5.92 Å². The van der Waals surface area contributed by atoms with Crippen LogP contribution in [0, 0.1) is 5.92 Å². The van der Waals surface area contributed by atoms with Gasteiger partial charge in [-0.05, 0) is 52.4 Å². The van der Waals surface area contributed by atoms with E-state index < -0.39 is 5.60 Å². The molecule has 2 rings (SSSR count). The molecule has 0 radical (unpaired) electrons. The van der Waals surface area contributed by atoms with E-state index in [-0.39, 0.29) is 24.8 Å². The average Bonchev–Trinajstić information content (AvgIpc) is 2.97. The molecular formula is C15H27NO3. The number of amides is 1. The summed E-state index contributed by atoms with van der Waals surface area (Å²) in [6.07, 6.45) is 6.52. The first-order chi connectivity index (χ1) is 8.92. The van der Waals surface area contributed by atoms with Gasteiger partial charge in [0, 0.05) is 6.04 Å². The van der Waals surface area contributed by atoms with Gasteiger partial charge in [0.25, 0.3) is 0 Å². The highest BCUT2D eigenvalue weighted by atomic mass is 16.6. The summed E-state index contributed by atoms with van der Waals surface area (Å²) in [6.45, 7) is 5.72. The Morgan fingerprint density at radius 2 is 1.84 bits per heavy atom. The fourth-order valence-electron chi connectivity index (χ4n) is 3.03. The molecule has 0 bridgehead atoms. The van der Waals surface area contributed by atoms with Crippen LogP contribution in [0.5, 0.6) is 0 Å². The van der Waals surface area contributed by atoms with Crippen LogP contribution in [0.25, 0.3) is 0 Å². The van der Waals surface area contributed by atoms with Crippen molar-refractivity contribution < 1.29 is 14.6 Å². The van der Waals surface area contributed by atoms with Crippen molar-refractivity contribution in [2.45, 2.75) is 77.0 Å². The first kappa shape index (κ1) is 14.6. The summed E-state index contributed by atoms with van der Waals surface area (Å²) in [4.78, 5) is 14.2. The monoisotopic (exact) mass is 269 g/mol. The van der Waals surface area contributed by atoms with Crippen LogP contribution in [-0.4, -0.2) is 40.4 Å². The largest absolute Gasteiger partial charge is 0.444 e. The summed E-state index contributed by atoms with van der Waals surface area (Å²) >= 11 is 0. The fourth-order valence-corrected chi connectivity index (χ4v) is 3.03. The van der Waals surface area contributed by atoms with Crippen LogP contribution < -0.4 is 0 Å². The fraction of sp³-hybridized carbons (Fsp3) is 0.933. The van der Waals surface area contributed by atoms with E-state index in [1.54, 1.807) is 0 Å². The number of hydrogen-bond acceptors (Lipinski definition) is 3. The molecule has 0 saturated heterocycles. The number of rotatable bonds is 4. The lowest BCUT2D eigenvalue weighted by Crippen LogP contribution is -2.49. The minimum absolute atomic E-state index is 0.0511. The number of carbonyl (C=O) groups excluding carboxylic acids is 1. The highest BCUT2D eigenvalue weighted by Crippen LogP contribution is 2.37. The average molecular weight is 269 g/mol. The minimum atomic E-state index is -0.472. The van der Waals surface area contributed by atoms with Crippen molar-refractivity contribution >= 4 is 6.09 Å². The molecule has 2 saturated carbocycles. The zero-order chi connectivity index (χ0) is 14.0. The van der Waals surface area contributed by atoms with Crippen LogP contribution in [0.3, 0.4) is 0 Å². The summed E-state index contributed by atoms with van der Waals surface area (Å²) in [5, 5.41) is 9.73. The molecule has 1 atom stereocenters. The van der Waals surface area contributed by atoms with Gasteiger partial charge in [0.1, 0.15) is 5.60 Å². The number of nitrogens with zero attached hydrogens (tertiary/aromatic N) is 1. The van der Waals surface area contributed by atoms with Gasteiger partial charge in [0.05, 0.1) is 12.6 Å². The molecule has 19 heavy (non-hydrogen) atoms.